The Morgan fingerprint density at radius 2 is 1.88 bits per heavy atom. The van der Waals surface area contributed by atoms with Crippen LogP contribution in [-0.2, 0) is 22.6 Å². The summed E-state index contributed by atoms with van der Waals surface area (Å²) in [7, 11) is 1.52. The van der Waals surface area contributed by atoms with Crippen LogP contribution in [-0.4, -0.2) is 13.1 Å². The number of carbonyl (C=O) groups excluding carboxylic acids is 1. The zero-order valence-corrected chi connectivity index (χ0v) is 14.2. The van der Waals surface area contributed by atoms with Gasteiger partial charge in [-0.15, -0.1) is 0 Å². The predicted molar refractivity (Wildman–Crippen MR) is 93.6 cm³/mol. The van der Waals surface area contributed by atoms with Crippen LogP contribution in [0, 0.1) is 5.82 Å². The smallest absolute Gasteiger partial charge is 0.336 e. The molecule has 2 aromatic carbocycles. The van der Waals surface area contributed by atoms with Crippen LogP contribution in [0.15, 0.2) is 57.7 Å². The van der Waals surface area contributed by atoms with E-state index in [-0.39, 0.29) is 18.8 Å². The first-order chi connectivity index (χ1) is 12.5. The van der Waals surface area contributed by atoms with E-state index in [9.17, 15) is 14.0 Å². The molecule has 0 bridgehead atoms. The van der Waals surface area contributed by atoms with Gasteiger partial charge in [0, 0.05) is 29.5 Å². The number of aryl methyl sites for hydroxylation is 1. The molecule has 3 rings (SSSR count). The van der Waals surface area contributed by atoms with Gasteiger partial charge in [0.2, 0.25) is 0 Å². The Labute approximate surface area is 149 Å². The van der Waals surface area contributed by atoms with Crippen LogP contribution in [0.5, 0.6) is 5.75 Å². The lowest BCUT2D eigenvalue weighted by molar-refractivity contribution is -0.144. The van der Waals surface area contributed by atoms with Gasteiger partial charge in [0.05, 0.1) is 7.11 Å². The number of ether oxygens (including phenoxy) is 2. The monoisotopic (exact) mass is 356 g/mol. The van der Waals surface area contributed by atoms with Crippen LogP contribution < -0.4 is 10.4 Å². The molecule has 0 amide bonds. The van der Waals surface area contributed by atoms with E-state index in [1.807, 2.05) is 0 Å². The van der Waals surface area contributed by atoms with Crippen molar-refractivity contribution in [1.82, 2.24) is 0 Å². The number of fused-ring (bicyclic) bond motifs is 1. The van der Waals surface area contributed by atoms with E-state index < -0.39 is 11.6 Å². The molecule has 1 heterocycles. The van der Waals surface area contributed by atoms with E-state index in [1.54, 1.807) is 30.3 Å². The van der Waals surface area contributed by atoms with E-state index in [1.165, 1.54) is 25.3 Å². The zero-order valence-electron chi connectivity index (χ0n) is 14.2. The van der Waals surface area contributed by atoms with Crippen molar-refractivity contribution >= 4 is 16.9 Å². The predicted octanol–water partition coefficient (Wildman–Crippen LogP) is 3.62. The van der Waals surface area contributed by atoms with Gasteiger partial charge in [0.1, 0.15) is 23.8 Å². The fourth-order valence-corrected chi connectivity index (χ4v) is 2.58. The highest BCUT2D eigenvalue weighted by atomic mass is 19.1. The molecular formula is C20H17FO5. The molecule has 134 valence electrons. The second-order valence-electron chi connectivity index (χ2n) is 5.74. The van der Waals surface area contributed by atoms with Gasteiger partial charge in [-0.25, -0.2) is 9.18 Å². The van der Waals surface area contributed by atoms with Crippen molar-refractivity contribution in [2.45, 2.75) is 19.4 Å². The average Bonchev–Trinajstić information content (AvgIpc) is 2.64. The van der Waals surface area contributed by atoms with E-state index in [0.29, 0.717) is 28.7 Å². The SMILES string of the molecule is COc1ccc2c(COC(=O)CCc3ccc(F)cc3)cc(=O)oc2c1. The third-order valence-corrected chi connectivity index (χ3v) is 3.96. The van der Waals surface area contributed by atoms with E-state index in [2.05, 4.69) is 0 Å². The van der Waals surface area contributed by atoms with Crippen LogP contribution in [0.1, 0.15) is 17.5 Å². The van der Waals surface area contributed by atoms with Crippen molar-refractivity contribution in [2.24, 2.45) is 0 Å². The maximum atomic E-state index is 12.9. The summed E-state index contributed by atoms with van der Waals surface area (Å²) in [6.45, 7) is -0.0311. The van der Waals surface area contributed by atoms with Crippen molar-refractivity contribution in [3.05, 3.63) is 75.9 Å². The maximum Gasteiger partial charge on any atom is 0.336 e. The van der Waals surface area contributed by atoms with Gasteiger partial charge >= 0.3 is 11.6 Å². The van der Waals surface area contributed by atoms with Crippen molar-refractivity contribution in [1.29, 1.82) is 0 Å². The lowest BCUT2D eigenvalue weighted by Crippen LogP contribution is -2.08. The first kappa shape index (κ1) is 17.7. The second kappa shape index (κ2) is 7.82. The molecule has 5 nitrogen and oxygen atoms in total. The third kappa shape index (κ3) is 4.27. The molecule has 0 fully saturated rings. The molecule has 1 aromatic heterocycles. The molecule has 0 atom stereocenters. The number of halogens is 1. The molecule has 0 saturated carbocycles. The minimum absolute atomic E-state index is 0.0311. The Balaban J connectivity index is 1.66. The number of esters is 1. The summed E-state index contributed by atoms with van der Waals surface area (Å²) in [5.74, 6) is -0.152. The Bertz CT molecular complexity index is 976. The van der Waals surface area contributed by atoms with Crippen molar-refractivity contribution < 1.29 is 23.1 Å². The van der Waals surface area contributed by atoms with Gasteiger partial charge < -0.3 is 13.9 Å². The van der Waals surface area contributed by atoms with Crippen LogP contribution in [0.4, 0.5) is 4.39 Å². The molecule has 0 unspecified atom stereocenters. The molecular weight excluding hydrogens is 339 g/mol. The van der Waals surface area contributed by atoms with E-state index >= 15 is 0 Å². The molecule has 0 aliphatic heterocycles. The molecule has 0 radical (unpaired) electrons. The Hall–Kier alpha value is -3.15. The fourth-order valence-electron chi connectivity index (χ4n) is 2.58. The lowest BCUT2D eigenvalue weighted by atomic mass is 10.1. The summed E-state index contributed by atoms with van der Waals surface area (Å²) in [5.41, 5.74) is 1.26. The number of benzene rings is 2. The molecule has 0 N–H and O–H groups in total. The average molecular weight is 356 g/mol. The van der Waals surface area contributed by atoms with Crippen molar-refractivity contribution in [3.8, 4) is 5.75 Å². The Morgan fingerprint density at radius 3 is 2.62 bits per heavy atom. The molecule has 0 aliphatic carbocycles. The molecule has 6 heteroatoms. The van der Waals surface area contributed by atoms with Crippen LogP contribution in [0.25, 0.3) is 11.0 Å². The highest BCUT2D eigenvalue weighted by Gasteiger charge is 2.10. The van der Waals surface area contributed by atoms with Crippen LogP contribution in [0.3, 0.4) is 0 Å². The topological polar surface area (TPSA) is 65.7 Å². The quantitative estimate of drug-likeness (QED) is 0.499. The van der Waals surface area contributed by atoms with Gasteiger partial charge in [-0.05, 0) is 36.2 Å². The molecule has 3 aromatic rings. The van der Waals surface area contributed by atoms with Crippen LogP contribution in [0.2, 0.25) is 0 Å². The highest BCUT2D eigenvalue weighted by molar-refractivity contribution is 5.81. The number of hydrogen-bond donors (Lipinski definition) is 0. The summed E-state index contributed by atoms with van der Waals surface area (Å²) in [4.78, 5) is 23.7. The van der Waals surface area contributed by atoms with Crippen LogP contribution >= 0.6 is 0 Å². The summed E-state index contributed by atoms with van der Waals surface area (Å²) in [5, 5.41) is 0.678. The van der Waals surface area contributed by atoms with Crippen molar-refractivity contribution in [2.75, 3.05) is 7.11 Å². The summed E-state index contributed by atoms with van der Waals surface area (Å²) in [6.07, 6.45) is 0.618. The second-order valence-corrected chi connectivity index (χ2v) is 5.74. The highest BCUT2D eigenvalue weighted by Crippen LogP contribution is 2.23. The van der Waals surface area contributed by atoms with Gasteiger partial charge in [-0.1, -0.05) is 12.1 Å². The Morgan fingerprint density at radius 1 is 1.12 bits per heavy atom. The first-order valence-electron chi connectivity index (χ1n) is 8.06. The number of rotatable bonds is 6. The Kier molecular flexibility index (Phi) is 5.31. The normalized spacial score (nSPS) is 10.7. The summed E-state index contributed by atoms with van der Waals surface area (Å²) >= 11 is 0. The minimum atomic E-state index is -0.525. The van der Waals surface area contributed by atoms with E-state index in [4.69, 9.17) is 13.9 Å². The number of methoxy groups -OCH3 is 1. The summed E-state index contributed by atoms with van der Waals surface area (Å²) < 4.78 is 28.4. The first-order valence-corrected chi connectivity index (χ1v) is 8.06. The lowest BCUT2D eigenvalue weighted by Gasteiger charge is -2.08. The number of hydrogen-bond acceptors (Lipinski definition) is 5. The molecule has 0 spiro atoms. The van der Waals surface area contributed by atoms with Gasteiger partial charge in [-0.3, -0.25) is 4.79 Å². The van der Waals surface area contributed by atoms with Gasteiger partial charge in [0.15, 0.2) is 0 Å². The van der Waals surface area contributed by atoms with Gasteiger partial charge in [0.25, 0.3) is 0 Å². The fraction of sp³-hybridized carbons (Fsp3) is 0.200. The third-order valence-electron chi connectivity index (χ3n) is 3.96. The molecule has 26 heavy (non-hydrogen) atoms. The number of carbonyl (C=O) groups is 1. The standard InChI is InChI=1S/C20H17FO5/c1-24-16-7-8-17-14(10-20(23)26-18(17)11-16)12-25-19(22)9-4-13-2-5-15(21)6-3-13/h2-3,5-8,10-11H,4,9,12H2,1H3. The van der Waals surface area contributed by atoms with Crippen molar-refractivity contribution in [3.63, 3.8) is 0 Å². The summed E-state index contributed by atoms with van der Waals surface area (Å²) in [6, 6.07) is 12.4. The largest absolute Gasteiger partial charge is 0.497 e. The van der Waals surface area contributed by atoms with Gasteiger partial charge in [-0.2, -0.15) is 0 Å². The molecule has 0 aliphatic rings. The van der Waals surface area contributed by atoms with E-state index in [0.717, 1.165) is 5.56 Å². The minimum Gasteiger partial charge on any atom is -0.497 e. The molecule has 0 saturated heterocycles. The maximum absolute atomic E-state index is 12.9. The zero-order chi connectivity index (χ0) is 18.5.